The maximum atomic E-state index is 6.50. The van der Waals surface area contributed by atoms with Crippen LogP contribution >= 0.6 is 0 Å². The molecule has 0 unspecified atom stereocenters. The first-order chi connectivity index (χ1) is 24.8. The van der Waals surface area contributed by atoms with E-state index < -0.39 is 0 Å². The van der Waals surface area contributed by atoms with E-state index in [0.717, 1.165) is 72.3 Å². The van der Waals surface area contributed by atoms with Gasteiger partial charge in [-0.25, -0.2) is 9.97 Å². The Balaban J connectivity index is 1.25. The third-order valence-corrected chi connectivity index (χ3v) is 9.64. The minimum absolute atomic E-state index is 0.619. The SMILES string of the molecule is c1ccc(-c2ccc(-c3cc(-c4cccc5c6ccccc6n(-c6ccccc6)c45)nc(-c4cccc5c4oc4ccccc45)n3)cc2)cc1. The Kier molecular flexibility index (Phi) is 6.46. The van der Waals surface area contributed by atoms with Crippen LogP contribution in [0.3, 0.4) is 0 Å². The molecule has 10 aromatic rings. The van der Waals surface area contributed by atoms with Crippen molar-refractivity contribution in [1.29, 1.82) is 0 Å². The number of para-hydroxylation sites is 5. The minimum atomic E-state index is 0.619. The van der Waals surface area contributed by atoms with Gasteiger partial charge < -0.3 is 8.98 Å². The van der Waals surface area contributed by atoms with Crippen molar-refractivity contribution < 1.29 is 4.42 Å². The molecule has 0 saturated heterocycles. The highest BCUT2D eigenvalue weighted by molar-refractivity contribution is 6.14. The number of hydrogen-bond donors (Lipinski definition) is 0. The summed E-state index contributed by atoms with van der Waals surface area (Å²) in [6.45, 7) is 0. The van der Waals surface area contributed by atoms with Crippen molar-refractivity contribution in [2.24, 2.45) is 0 Å². The molecule has 4 nitrogen and oxygen atoms in total. The lowest BCUT2D eigenvalue weighted by Crippen LogP contribution is -1.99. The molecule has 234 valence electrons. The van der Waals surface area contributed by atoms with E-state index in [2.05, 4.69) is 156 Å². The molecule has 4 heteroatoms. The van der Waals surface area contributed by atoms with E-state index in [1.807, 2.05) is 24.3 Å². The van der Waals surface area contributed by atoms with Crippen LogP contribution in [-0.2, 0) is 0 Å². The Hall–Kier alpha value is -6.78. The van der Waals surface area contributed by atoms with Gasteiger partial charge in [-0.1, -0.05) is 140 Å². The summed E-state index contributed by atoms with van der Waals surface area (Å²) in [6.07, 6.45) is 0. The highest BCUT2D eigenvalue weighted by atomic mass is 16.3. The number of furan rings is 1. The van der Waals surface area contributed by atoms with Gasteiger partial charge in [0.15, 0.2) is 5.82 Å². The van der Waals surface area contributed by atoms with Gasteiger partial charge in [0.2, 0.25) is 0 Å². The van der Waals surface area contributed by atoms with E-state index in [1.165, 1.54) is 16.3 Å². The fourth-order valence-corrected chi connectivity index (χ4v) is 7.31. The van der Waals surface area contributed by atoms with Crippen molar-refractivity contribution in [1.82, 2.24) is 14.5 Å². The van der Waals surface area contributed by atoms with Crippen LogP contribution in [0.4, 0.5) is 0 Å². The van der Waals surface area contributed by atoms with Gasteiger partial charge in [0.25, 0.3) is 0 Å². The molecular formula is C46H29N3O. The van der Waals surface area contributed by atoms with Crippen molar-refractivity contribution in [3.63, 3.8) is 0 Å². The monoisotopic (exact) mass is 639 g/mol. The van der Waals surface area contributed by atoms with Crippen LogP contribution in [-0.4, -0.2) is 14.5 Å². The fourth-order valence-electron chi connectivity index (χ4n) is 7.31. The molecule has 0 amide bonds. The summed E-state index contributed by atoms with van der Waals surface area (Å²) < 4.78 is 8.85. The molecule has 0 N–H and O–H groups in total. The molecule has 0 radical (unpaired) electrons. The van der Waals surface area contributed by atoms with Crippen molar-refractivity contribution >= 4 is 43.7 Å². The zero-order valence-electron chi connectivity index (χ0n) is 27.0. The Bertz CT molecular complexity index is 2850. The first kappa shape index (κ1) is 28.3. The predicted molar refractivity (Wildman–Crippen MR) is 205 cm³/mol. The maximum Gasteiger partial charge on any atom is 0.164 e. The number of nitrogens with zero attached hydrogens (tertiary/aromatic N) is 3. The summed E-state index contributed by atoms with van der Waals surface area (Å²) in [5.74, 6) is 0.619. The molecule has 7 aromatic carbocycles. The lowest BCUT2D eigenvalue weighted by molar-refractivity contribution is 0.669. The normalized spacial score (nSPS) is 11.6. The van der Waals surface area contributed by atoms with E-state index in [9.17, 15) is 0 Å². The Labute approximate surface area is 288 Å². The number of rotatable bonds is 5. The number of benzene rings is 7. The molecule has 0 aliphatic rings. The van der Waals surface area contributed by atoms with Crippen LogP contribution in [0.25, 0.3) is 94.5 Å². The molecule has 0 fully saturated rings. The van der Waals surface area contributed by atoms with E-state index in [-0.39, 0.29) is 0 Å². The smallest absolute Gasteiger partial charge is 0.164 e. The van der Waals surface area contributed by atoms with Gasteiger partial charge in [-0.15, -0.1) is 0 Å². The summed E-state index contributed by atoms with van der Waals surface area (Å²) in [5.41, 5.74) is 11.9. The zero-order valence-corrected chi connectivity index (χ0v) is 27.0. The van der Waals surface area contributed by atoms with E-state index in [1.54, 1.807) is 0 Å². The highest BCUT2D eigenvalue weighted by Crippen LogP contribution is 2.40. The first-order valence-electron chi connectivity index (χ1n) is 16.8. The first-order valence-corrected chi connectivity index (χ1v) is 16.8. The largest absolute Gasteiger partial charge is 0.455 e. The summed E-state index contributed by atoms with van der Waals surface area (Å²) in [7, 11) is 0. The van der Waals surface area contributed by atoms with Crippen LogP contribution in [0.2, 0.25) is 0 Å². The van der Waals surface area contributed by atoms with Crippen LogP contribution in [0.5, 0.6) is 0 Å². The Morgan fingerprint density at radius 3 is 1.84 bits per heavy atom. The molecule has 0 spiro atoms. The number of fused-ring (bicyclic) bond motifs is 6. The lowest BCUT2D eigenvalue weighted by Gasteiger charge is -2.13. The van der Waals surface area contributed by atoms with E-state index in [4.69, 9.17) is 14.4 Å². The van der Waals surface area contributed by atoms with Crippen LogP contribution < -0.4 is 0 Å². The maximum absolute atomic E-state index is 6.50. The average Bonchev–Trinajstić information content (AvgIpc) is 3.75. The average molecular weight is 640 g/mol. The molecular weight excluding hydrogens is 611 g/mol. The molecule has 50 heavy (non-hydrogen) atoms. The molecule has 0 aliphatic heterocycles. The third-order valence-electron chi connectivity index (χ3n) is 9.64. The molecule has 0 aliphatic carbocycles. The summed E-state index contributed by atoms with van der Waals surface area (Å²) in [6, 6.07) is 61.3. The summed E-state index contributed by atoms with van der Waals surface area (Å²) >= 11 is 0. The van der Waals surface area contributed by atoms with Gasteiger partial charge in [-0.05, 0) is 47.5 Å². The van der Waals surface area contributed by atoms with Gasteiger partial charge in [-0.2, -0.15) is 0 Å². The minimum Gasteiger partial charge on any atom is -0.455 e. The Morgan fingerprint density at radius 2 is 1.02 bits per heavy atom. The Morgan fingerprint density at radius 1 is 0.420 bits per heavy atom. The number of aromatic nitrogens is 3. The zero-order chi connectivity index (χ0) is 33.0. The van der Waals surface area contributed by atoms with E-state index in [0.29, 0.717) is 5.82 Å². The van der Waals surface area contributed by atoms with Crippen LogP contribution in [0, 0.1) is 0 Å². The molecule has 0 bridgehead atoms. The molecule has 3 heterocycles. The third kappa shape index (κ3) is 4.54. The molecule has 0 saturated carbocycles. The fraction of sp³-hybridized carbons (Fsp3) is 0. The summed E-state index contributed by atoms with van der Waals surface area (Å²) in [5, 5.41) is 4.50. The van der Waals surface area contributed by atoms with Crippen molar-refractivity contribution in [3.05, 3.63) is 176 Å². The van der Waals surface area contributed by atoms with Crippen LogP contribution in [0.15, 0.2) is 180 Å². The van der Waals surface area contributed by atoms with Crippen LogP contribution in [0.1, 0.15) is 0 Å². The van der Waals surface area contributed by atoms with Gasteiger partial charge in [0.05, 0.1) is 28.0 Å². The molecule has 10 rings (SSSR count). The second-order valence-electron chi connectivity index (χ2n) is 12.6. The molecule has 0 atom stereocenters. The molecule has 3 aromatic heterocycles. The van der Waals surface area contributed by atoms with Crippen molar-refractivity contribution in [3.8, 4) is 50.7 Å². The second-order valence-corrected chi connectivity index (χ2v) is 12.6. The van der Waals surface area contributed by atoms with Gasteiger partial charge in [0, 0.05) is 38.4 Å². The highest BCUT2D eigenvalue weighted by Gasteiger charge is 2.20. The lowest BCUT2D eigenvalue weighted by atomic mass is 10.0. The van der Waals surface area contributed by atoms with Gasteiger partial charge in [-0.3, -0.25) is 0 Å². The van der Waals surface area contributed by atoms with Crippen molar-refractivity contribution in [2.45, 2.75) is 0 Å². The summed E-state index contributed by atoms with van der Waals surface area (Å²) in [4.78, 5) is 10.6. The van der Waals surface area contributed by atoms with Gasteiger partial charge in [0.1, 0.15) is 11.2 Å². The predicted octanol–water partition coefficient (Wildman–Crippen LogP) is 12.1. The standard InChI is InChI=1S/C46H29N3O/c1-3-13-30(14-4-1)31-25-27-32(28-26-31)40-29-41(48-46(47-40)39-22-12-20-37-35-18-8-10-24-43(35)50-45(37)39)38-21-11-19-36-34-17-7-9-23-42(34)49(44(36)38)33-15-5-2-6-16-33/h1-29H. The number of hydrogen-bond acceptors (Lipinski definition) is 3. The quantitative estimate of drug-likeness (QED) is 0.188. The topological polar surface area (TPSA) is 43.9 Å². The van der Waals surface area contributed by atoms with E-state index >= 15 is 0 Å². The second kappa shape index (κ2) is 11.4. The van der Waals surface area contributed by atoms with Gasteiger partial charge >= 0.3 is 0 Å². The van der Waals surface area contributed by atoms with Crippen molar-refractivity contribution in [2.75, 3.05) is 0 Å².